The Balaban J connectivity index is 1.69. The van der Waals surface area contributed by atoms with Crippen molar-refractivity contribution in [2.24, 2.45) is 5.92 Å². The van der Waals surface area contributed by atoms with E-state index in [1.54, 1.807) is 0 Å². The summed E-state index contributed by atoms with van der Waals surface area (Å²) in [7, 11) is 2.20. The SMILES string of the molecule is CCCC(C)N(C(=O)[C@@H]1C=C2c3cccc4c3C(CN4)C[C@H]2N(C)C1)C(C)C. The van der Waals surface area contributed by atoms with E-state index in [1.807, 2.05) is 0 Å². The molecule has 0 saturated carbocycles. The van der Waals surface area contributed by atoms with Gasteiger partial charge in [0.2, 0.25) is 5.91 Å². The van der Waals surface area contributed by atoms with E-state index in [4.69, 9.17) is 0 Å². The minimum Gasteiger partial charge on any atom is -0.384 e. The van der Waals surface area contributed by atoms with Crippen molar-refractivity contribution < 1.29 is 4.79 Å². The topological polar surface area (TPSA) is 35.6 Å². The van der Waals surface area contributed by atoms with Gasteiger partial charge < -0.3 is 10.2 Å². The van der Waals surface area contributed by atoms with Crippen LogP contribution in [-0.2, 0) is 4.79 Å². The number of hydrogen-bond acceptors (Lipinski definition) is 3. The van der Waals surface area contributed by atoms with Gasteiger partial charge in [-0.3, -0.25) is 9.69 Å². The molecule has 152 valence electrons. The van der Waals surface area contributed by atoms with Crippen LogP contribution in [0.3, 0.4) is 0 Å². The monoisotopic (exact) mass is 381 g/mol. The Labute approximate surface area is 170 Å². The third-order valence-corrected chi connectivity index (χ3v) is 6.94. The van der Waals surface area contributed by atoms with E-state index >= 15 is 0 Å². The van der Waals surface area contributed by atoms with E-state index in [9.17, 15) is 4.79 Å². The number of likely N-dealkylation sites (N-methyl/N-ethyl adjacent to an activating group) is 1. The first kappa shape index (κ1) is 19.5. The van der Waals surface area contributed by atoms with Gasteiger partial charge in [0.15, 0.2) is 0 Å². The summed E-state index contributed by atoms with van der Waals surface area (Å²) >= 11 is 0. The molecule has 4 rings (SSSR count). The number of carbonyl (C=O) groups excluding carboxylic acids is 1. The van der Waals surface area contributed by atoms with Crippen LogP contribution in [0.2, 0.25) is 0 Å². The Morgan fingerprint density at radius 2 is 2.11 bits per heavy atom. The molecular formula is C24H35N3O. The quantitative estimate of drug-likeness (QED) is 0.824. The molecule has 2 aliphatic heterocycles. The standard InChI is InChI=1S/C24H35N3O/c1-6-8-16(4)27(15(2)3)24(28)18-11-20-19-9-7-10-21-23(19)17(13-25-21)12-22(20)26(5)14-18/h7,9-11,15-18,22,25H,6,8,12-14H2,1-5H3/t16?,17?,18-,22-/m1/s1. The Morgan fingerprint density at radius 1 is 1.32 bits per heavy atom. The number of anilines is 1. The highest BCUT2D eigenvalue weighted by molar-refractivity contribution is 5.88. The Hall–Kier alpha value is -1.81. The highest BCUT2D eigenvalue weighted by atomic mass is 16.2. The van der Waals surface area contributed by atoms with Crippen molar-refractivity contribution in [1.82, 2.24) is 9.80 Å². The van der Waals surface area contributed by atoms with Gasteiger partial charge in [-0.1, -0.05) is 31.6 Å². The van der Waals surface area contributed by atoms with Crippen LogP contribution in [0.4, 0.5) is 5.69 Å². The lowest BCUT2D eigenvalue weighted by Gasteiger charge is -2.43. The summed E-state index contributed by atoms with van der Waals surface area (Å²) in [4.78, 5) is 18.1. The summed E-state index contributed by atoms with van der Waals surface area (Å²) < 4.78 is 0. The zero-order valence-electron chi connectivity index (χ0n) is 18.0. The molecule has 4 atom stereocenters. The highest BCUT2D eigenvalue weighted by Crippen LogP contribution is 2.48. The zero-order valence-corrected chi connectivity index (χ0v) is 18.0. The highest BCUT2D eigenvalue weighted by Gasteiger charge is 2.41. The van der Waals surface area contributed by atoms with Gasteiger partial charge in [0, 0.05) is 42.8 Å². The fraction of sp³-hybridized carbons (Fsp3) is 0.625. The second-order valence-corrected chi connectivity index (χ2v) is 9.24. The second kappa shape index (κ2) is 7.55. The molecule has 1 N–H and O–H groups in total. The van der Waals surface area contributed by atoms with Crippen molar-refractivity contribution >= 4 is 17.2 Å². The maximum absolute atomic E-state index is 13.6. The summed E-state index contributed by atoms with van der Waals surface area (Å²) in [5.41, 5.74) is 5.51. The molecule has 0 saturated heterocycles. The van der Waals surface area contributed by atoms with Gasteiger partial charge in [0.05, 0.1) is 5.92 Å². The van der Waals surface area contributed by atoms with Gasteiger partial charge in [-0.05, 0) is 63.4 Å². The smallest absolute Gasteiger partial charge is 0.231 e. The zero-order chi connectivity index (χ0) is 20.0. The number of hydrogen-bond donors (Lipinski definition) is 1. The molecular weight excluding hydrogens is 346 g/mol. The van der Waals surface area contributed by atoms with Crippen molar-refractivity contribution in [3.05, 3.63) is 35.4 Å². The summed E-state index contributed by atoms with van der Waals surface area (Å²) in [6, 6.07) is 7.56. The van der Waals surface area contributed by atoms with Crippen LogP contribution in [0, 0.1) is 5.92 Å². The molecule has 4 nitrogen and oxygen atoms in total. The normalized spacial score (nSPS) is 26.9. The lowest BCUT2D eigenvalue weighted by atomic mass is 9.74. The van der Waals surface area contributed by atoms with Gasteiger partial charge in [0.1, 0.15) is 0 Å². The number of nitrogens with one attached hydrogen (secondary N) is 1. The molecule has 1 aliphatic carbocycles. The number of nitrogens with zero attached hydrogens (tertiary/aromatic N) is 2. The number of carbonyl (C=O) groups is 1. The Kier molecular flexibility index (Phi) is 5.26. The molecule has 1 aromatic carbocycles. The van der Waals surface area contributed by atoms with Crippen molar-refractivity contribution in [2.45, 2.75) is 71.0 Å². The average molecular weight is 382 g/mol. The fourth-order valence-corrected chi connectivity index (χ4v) is 5.73. The van der Waals surface area contributed by atoms with Gasteiger partial charge in [-0.2, -0.15) is 0 Å². The molecule has 1 aromatic rings. The van der Waals surface area contributed by atoms with Crippen LogP contribution < -0.4 is 5.32 Å². The van der Waals surface area contributed by atoms with E-state index in [1.165, 1.54) is 22.4 Å². The van der Waals surface area contributed by atoms with E-state index in [2.05, 4.69) is 74.1 Å². The minimum atomic E-state index is -0.0558. The molecule has 0 spiro atoms. The van der Waals surface area contributed by atoms with Crippen LogP contribution in [-0.4, -0.2) is 54.0 Å². The molecule has 0 aromatic heterocycles. The number of rotatable bonds is 5. The summed E-state index contributed by atoms with van der Waals surface area (Å²) in [6.45, 7) is 10.6. The van der Waals surface area contributed by atoms with Gasteiger partial charge in [-0.25, -0.2) is 0 Å². The molecule has 3 aliphatic rings. The first-order chi connectivity index (χ1) is 13.4. The van der Waals surface area contributed by atoms with E-state index in [0.29, 0.717) is 23.9 Å². The van der Waals surface area contributed by atoms with Crippen LogP contribution in [0.15, 0.2) is 24.3 Å². The van der Waals surface area contributed by atoms with Crippen molar-refractivity contribution in [3.63, 3.8) is 0 Å². The fourth-order valence-electron chi connectivity index (χ4n) is 5.73. The van der Waals surface area contributed by atoms with Gasteiger partial charge in [0.25, 0.3) is 0 Å². The van der Waals surface area contributed by atoms with Gasteiger partial charge >= 0.3 is 0 Å². The van der Waals surface area contributed by atoms with E-state index in [-0.39, 0.29) is 12.0 Å². The average Bonchev–Trinajstić information content (AvgIpc) is 3.07. The van der Waals surface area contributed by atoms with Crippen LogP contribution in [0.5, 0.6) is 0 Å². The van der Waals surface area contributed by atoms with E-state index < -0.39 is 0 Å². The summed E-state index contributed by atoms with van der Waals surface area (Å²) in [6.07, 6.45) is 5.63. The third-order valence-electron chi connectivity index (χ3n) is 6.94. The molecule has 1 amide bonds. The van der Waals surface area contributed by atoms with Crippen LogP contribution >= 0.6 is 0 Å². The third kappa shape index (κ3) is 3.16. The lowest BCUT2D eigenvalue weighted by molar-refractivity contribution is -0.139. The molecule has 2 heterocycles. The summed E-state index contributed by atoms with van der Waals surface area (Å²) in [5, 5.41) is 3.58. The minimum absolute atomic E-state index is 0.0558. The largest absolute Gasteiger partial charge is 0.384 e. The molecule has 4 heteroatoms. The molecule has 0 bridgehead atoms. The van der Waals surface area contributed by atoms with Crippen molar-refractivity contribution in [1.29, 1.82) is 0 Å². The first-order valence-electron chi connectivity index (χ1n) is 11.0. The summed E-state index contributed by atoms with van der Waals surface area (Å²) in [5.74, 6) is 0.834. The Morgan fingerprint density at radius 3 is 2.82 bits per heavy atom. The van der Waals surface area contributed by atoms with Crippen molar-refractivity contribution in [2.75, 3.05) is 25.5 Å². The van der Waals surface area contributed by atoms with E-state index in [0.717, 1.165) is 32.4 Å². The van der Waals surface area contributed by atoms with Crippen LogP contribution in [0.1, 0.15) is 64.0 Å². The van der Waals surface area contributed by atoms with Gasteiger partial charge in [-0.15, -0.1) is 0 Å². The molecule has 28 heavy (non-hydrogen) atoms. The number of fused-ring (bicyclic) bond motifs is 2. The maximum atomic E-state index is 13.6. The number of benzene rings is 1. The predicted octanol–water partition coefficient (Wildman–Crippen LogP) is 4.34. The van der Waals surface area contributed by atoms with Crippen LogP contribution in [0.25, 0.3) is 5.57 Å². The second-order valence-electron chi connectivity index (χ2n) is 9.24. The number of amides is 1. The first-order valence-corrected chi connectivity index (χ1v) is 11.0. The van der Waals surface area contributed by atoms with Crippen molar-refractivity contribution in [3.8, 4) is 0 Å². The molecule has 0 fully saturated rings. The molecule has 2 unspecified atom stereocenters. The predicted molar refractivity (Wildman–Crippen MR) is 117 cm³/mol. The Bertz CT molecular complexity index is 784. The maximum Gasteiger partial charge on any atom is 0.231 e. The molecule has 0 radical (unpaired) electrons. The lowest BCUT2D eigenvalue weighted by Crippen LogP contribution is -2.51.